The second-order valence-corrected chi connectivity index (χ2v) is 5.08. The molecule has 0 fully saturated rings. The van der Waals surface area contributed by atoms with Gasteiger partial charge in [-0.2, -0.15) is 0 Å². The van der Waals surface area contributed by atoms with Crippen LogP contribution in [-0.2, 0) is 11.8 Å². The maximum absolute atomic E-state index is 11.2. The number of thioether (sulfide) groups is 1. The Morgan fingerprint density at radius 1 is 1.73 bits per heavy atom. The van der Waals surface area contributed by atoms with E-state index in [1.54, 1.807) is 24.9 Å². The summed E-state index contributed by atoms with van der Waals surface area (Å²) in [4.78, 5) is 11.2. The number of aromatic nitrogens is 3. The molecule has 1 N–H and O–H groups in total. The fourth-order valence-electron chi connectivity index (χ4n) is 1.25. The number of nitrogens with zero attached hydrogens (tertiary/aromatic N) is 3. The summed E-state index contributed by atoms with van der Waals surface area (Å²) in [6, 6.07) is 0. The summed E-state index contributed by atoms with van der Waals surface area (Å²) in [5.74, 6) is -0.808. The van der Waals surface area contributed by atoms with Crippen LogP contribution in [-0.4, -0.2) is 30.6 Å². The molecule has 0 saturated heterocycles. The van der Waals surface area contributed by atoms with Gasteiger partial charge in [0.2, 0.25) is 0 Å². The van der Waals surface area contributed by atoms with E-state index in [2.05, 4.69) is 10.2 Å². The molecule has 0 aliphatic carbocycles. The van der Waals surface area contributed by atoms with Crippen molar-refractivity contribution in [1.82, 2.24) is 14.8 Å². The topological polar surface area (TPSA) is 68.0 Å². The Morgan fingerprint density at radius 2 is 2.40 bits per heavy atom. The van der Waals surface area contributed by atoms with E-state index in [4.69, 9.17) is 0 Å². The molecule has 84 valence electrons. The van der Waals surface area contributed by atoms with E-state index in [-0.39, 0.29) is 0 Å². The van der Waals surface area contributed by atoms with Gasteiger partial charge >= 0.3 is 5.97 Å². The van der Waals surface area contributed by atoms with Crippen LogP contribution in [0.15, 0.2) is 11.5 Å². The maximum Gasteiger partial charge on any atom is 0.319 e. The molecule has 0 aliphatic heterocycles. The van der Waals surface area contributed by atoms with Crippen molar-refractivity contribution < 1.29 is 9.90 Å². The van der Waals surface area contributed by atoms with E-state index in [1.165, 1.54) is 11.8 Å². The van der Waals surface area contributed by atoms with Crippen LogP contribution in [0.25, 0.3) is 0 Å². The van der Waals surface area contributed by atoms with Gasteiger partial charge in [-0.3, -0.25) is 4.79 Å². The highest BCUT2D eigenvalue weighted by Crippen LogP contribution is 2.35. The number of carboxylic acid groups (broad SMARTS) is 1. The minimum absolute atomic E-state index is 0.611. The molecule has 0 aromatic carbocycles. The lowest BCUT2D eigenvalue weighted by molar-refractivity contribution is -0.139. The molecule has 1 heterocycles. The third-order valence-electron chi connectivity index (χ3n) is 2.17. The Hall–Kier alpha value is -1.04. The van der Waals surface area contributed by atoms with Gasteiger partial charge in [-0.25, -0.2) is 0 Å². The minimum atomic E-state index is -0.824. The number of hydrogen-bond donors (Lipinski definition) is 1. The van der Waals surface area contributed by atoms with Crippen molar-refractivity contribution >= 4 is 17.7 Å². The molecule has 1 aromatic rings. The first-order valence-electron chi connectivity index (χ1n) is 4.76. The van der Waals surface area contributed by atoms with Gasteiger partial charge in [0.25, 0.3) is 0 Å². The minimum Gasteiger partial charge on any atom is -0.480 e. The third-order valence-corrected chi connectivity index (χ3v) is 3.55. The van der Waals surface area contributed by atoms with Crippen molar-refractivity contribution in [3.05, 3.63) is 6.33 Å². The molecule has 6 heteroatoms. The lowest BCUT2D eigenvalue weighted by atomic mass is 10.1. The average Bonchev–Trinajstić information content (AvgIpc) is 2.52. The number of carbonyl (C=O) groups is 1. The summed E-state index contributed by atoms with van der Waals surface area (Å²) in [6.45, 7) is 3.69. The first kappa shape index (κ1) is 12.0. The summed E-state index contributed by atoms with van der Waals surface area (Å²) >= 11 is 1.25. The quantitative estimate of drug-likeness (QED) is 0.776. The van der Waals surface area contributed by atoms with Crippen molar-refractivity contribution in [3.63, 3.8) is 0 Å². The fourth-order valence-corrected chi connectivity index (χ4v) is 2.32. The average molecular weight is 229 g/mol. The van der Waals surface area contributed by atoms with E-state index in [1.807, 2.05) is 6.92 Å². The summed E-state index contributed by atoms with van der Waals surface area (Å²) in [5.41, 5.74) is 0. The first-order valence-corrected chi connectivity index (χ1v) is 5.57. The van der Waals surface area contributed by atoms with Crippen molar-refractivity contribution in [2.45, 2.75) is 36.6 Å². The van der Waals surface area contributed by atoms with Gasteiger partial charge in [-0.05, 0) is 13.3 Å². The highest BCUT2D eigenvalue weighted by molar-refractivity contribution is 8.01. The second kappa shape index (κ2) is 4.65. The van der Waals surface area contributed by atoms with Crippen LogP contribution in [0, 0.1) is 0 Å². The summed E-state index contributed by atoms with van der Waals surface area (Å²) < 4.78 is 0.900. The molecule has 15 heavy (non-hydrogen) atoms. The van der Waals surface area contributed by atoms with Gasteiger partial charge in [0.1, 0.15) is 11.1 Å². The smallest absolute Gasteiger partial charge is 0.319 e. The molecule has 0 radical (unpaired) electrons. The van der Waals surface area contributed by atoms with E-state index in [0.717, 1.165) is 6.42 Å². The zero-order valence-corrected chi connectivity index (χ0v) is 9.91. The Labute approximate surface area is 92.9 Å². The number of aryl methyl sites for hydroxylation is 1. The lowest BCUT2D eigenvalue weighted by Gasteiger charge is -2.22. The Morgan fingerprint density at radius 3 is 2.80 bits per heavy atom. The van der Waals surface area contributed by atoms with Crippen LogP contribution in [0.5, 0.6) is 0 Å². The van der Waals surface area contributed by atoms with Crippen molar-refractivity contribution in [2.75, 3.05) is 0 Å². The van der Waals surface area contributed by atoms with Gasteiger partial charge in [0.05, 0.1) is 0 Å². The molecule has 5 nitrogen and oxygen atoms in total. The van der Waals surface area contributed by atoms with E-state index < -0.39 is 10.7 Å². The maximum atomic E-state index is 11.2. The Balaban J connectivity index is 2.84. The van der Waals surface area contributed by atoms with Crippen molar-refractivity contribution in [2.24, 2.45) is 7.05 Å². The van der Waals surface area contributed by atoms with E-state index in [0.29, 0.717) is 11.6 Å². The molecule has 1 unspecified atom stereocenters. The third kappa shape index (κ3) is 2.71. The second-order valence-electron chi connectivity index (χ2n) is 3.61. The highest BCUT2D eigenvalue weighted by Gasteiger charge is 2.34. The van der Waals surface area contributed by atoms with Gasteiger partial charge < -0.3 is 9.67 Å². The molecular formula is C9H15N3O2S. The molecular weight excluding hydrogens is 214 g/mol. The van der Waals surface area contributed by atoms with Gasteiger partial charge in [-0.15, -0.1) is 10.2 Å². The SMILES string of the molecule is CCCC(C)(Sc1nncn1C)C(=O)O. The monoisotopic (exact) mass is 229 g/mol. The molecule has 0 spiro atoms. The van der Waals surface area contributed by atoms with E-state index in [9.17, 15) is 9.90 Å². The summed E-state index contributed by atoms with van der Waals surface area (Å²) in [6.07, 6.45) is 3.00. The fraction of sp³-hybridized carbons (Fsp3) is 0.667. The zero-order chi connectivity index (χ0) is 11.5. The number of hydrogen-bond acceptors (Lipinski definition) is 4. The largest absolute Gasteiger partial charge is 0.480 e. The number of carboxylic acids is 1. The van der Waals surface area contributed by atoms with Crippen LogP contribution >= 0.6 is 11.8 Å². The predicted octanol–water partition coefficient (Wildman–Crippen LogP) is 1.55. The summed E-state index contributed by atoms with van der Waals surface area (Å²) in [7, 11) is 1.80. The predicted molar refractivity (Wildman–Crippen MR) is 57.8 cm³/mol. The van der Waals surface area contributed by atoms with Gasteiger partial charge in [0, 0.05) is 7.05 Å². The van der Waals surface area contributed by atoms with Crippen molar-refractivity contribution in [3.8, 4) is 0 Å². The number of aliphatic carboxylic acids is 1. The summed E-state index contributed by atoms with van der Waals surface area (Å²) in [5, 5.41) is 17.4. The Bertz CT molecular complexity index is 353. The van der Waals surface area contributed by atoms with E-state index >= 15 is 0 Å². The van der Waals surface area contributed by atoms with Crippen LogP contribution < -0.4 is 0 Å². The molecule has 0 bridgehead atoms. The van der Waals surface area contributed by atoms with Crippen LogP contribution in [0.4, 0.5) is 0 Å². The van der Waals surface area contributed by atoms with Gasteiger partial charge in [0.15, 0.2) is 5.16 Å². The Kier molecular flexibility index (Phi) is 3.73. The van der Waals surface area contributed by atoms with Crippen LogP contribution in [0.2, 0.25) is 0 Å². The molecule has 1 atom stereocenters. The molecule has 0 amide bonds. The molecule has 1 rings (SSSR count). The highest BCUT2D eigenvalue weighted by atomic mass is 32.2. The molecule has 0 saturated carbocycles. The standard InChI is InChI=1S/C9H15N3O2S/c1-4-5-9(2,7(13)14)15-8-11-10-6-12(8)3/h6H,4-5H2,1-3H3,(H,13,14). The zero-order valence-electron chi connectivity index (χ0n) is 9.10. The number of rotatable bonds is 5. The van der Waals surface area contributed by atoms with Crippen molar-refractivity contribution in [1.29, 1.82) is 0 Å². The molecule has 1 aromatic heterocycles. The molecule has 0 aliphatic rings. The van der Waals surface area contributed by atoms with Crippen LogP contribution in [0.3, 0.4) is 0 Å². The first-order chi connectivity index (χ1) is 6.99. The lowest BCUT2D eigenvalue weighted by Crippen LogP contribution is -2.31. The normalized spacial score (nSPS) is 14.9. The van der Waals surface area contributed by atoms with Gasteiger partial charge in [-0.1, -0.05) is 25.1 Å². The van der Waals surface area contributed by atoms with Crippen LogP contribution in [0.1, 0.15) is 26.7 Å².